The molecule has 0 atom stereocenters. The van der Waals surface area contributed by atoms with Crippen LogP contribution in [0.5, 0.6) is 0 Å². The molecule has 2 aromatic rings. The zero-order valence-electron chi connectivity index (χ0n) is 10.6. The number of carboxylic acid groups (broad SMARTS) is 1. The quantitative estimate of drug-likeness (QED) is 0.919. The number of carbonyl (C=O) groups excluding carboxylic acids is 1. The third-order valence-electron chi connectivity index (χ3n) is 3.18. The maximum absolute atomic E-state index is 12.5. The lowest BCUT2D eigenvalue weighted by atomic mass is 10.3. The molecule has 1 aliphatic carbocycles. The molecule has 3 rings (SSSR count). The van der Waals surface area contributed by atoms with E-state index in [1.54, 1.807) is 23.3 Å². The highest BCUT2D eigenvalue weighted by Crippen LogP contribution is 2.31. The van der Waals surface area contributed by atoms with Gasteiger partial charge >= 0.3 is 5.97 Å². The second kappa shape index (κ2) is 5.13. The largest absolute Gasteiger partial charge is 0.477 e. The van der Waals surface area contributed by atoms with Gasteiger partial charge in [-0.05, 0) is 37.1 Å². The zero-order valence-corrected chi connectivity index (χ0v) is 11.4. The molecular formula is C14H13NO4S. The van der Waals surface area contributed by atoms with Crippen LogP contribution >= 0.6 is 11.3 Å². The van der Waals surface area contributed by atoms with Crippen molar-refractivity contribution in [2.24, 2.45) is 0 Å². The highest BCUT2D eigenvalue weighted by molar-refractivity contribution is 7.15. The molecule has 1 amide bonds. The van der Waals surface area contributed by atoms with Gasteiger partial charge in [0, 0.05) is 6.04 Å². The van der Waals surface area contributed by atoms with Crippen molar-refractivity contribution in [3.63, 3.8) is 0 Å². The topological polar surface area (TPSA) is 70.8 Å². The zero-order chi connectivity index (χ0) is 14.1. The maximum atomic E-state index is 12.5. The minimum absolute atomic E-state index is 0.124. The van der Waals surface area contributed by atoms with E-state index in [0.29, 0.717) is 11.4 Å². The van der Waals surface area contributed by atoms with E-state index in [1.807, 2.05) is 6.07 Å². The molecule has 1 fully saturated rings. The van der Waals surface area contributed by atoms with E-state index in [1.165, 1.54) is 6.07 Å². The number of amides is 1. The average molecular weight is 291 g/mol. The number of hydrogen-bond donors (Lipinski definition) is 1. The molecule has 2 aromatic heterocycles. The first-order valence-electron chi connectivity index (χ1n) is 6.31. The number of hydrogen-bond acceptors (Lipinski definition) is 4. The van der Waals surface area contributed by atoms with Crippen LogP contribution in [0.2, 0.25) is 0 Å². The molecule has 0 radical (unpaired) electrons. The second-order valence-corrected chi connectivity index (χ2v) is 5.80. The SMILES string of the molecule is O=C(O)c1ccc(C(=O)N(Cc2ccco2)C2CC2)s1. The molecule has 0 unspecified atom stereocenters. The molecule has 5 nitrogen and oxygen atoms in total. The summed E-state index contributed by atoms with van der Waals surface area (Å²) >= 11 is 1.01. The summed E-state index contributed by atoms with van der Waals surface area (Å²) in [4.78, 5) is 25.8. The Morgan fingerprint density at radius 1 is 1.30 bits per heavy atom. The number of nitrogens with zero attached hydrogens (tertiary/aromatic N) is 1. The van der Waals surface area contributed by atoms with E-state index in [-0.39, 0.29) is 16.8 Å². The van der Waals surface area contributed by atoms with Gasteiger partial charge in [0.1, 0.15) is 10.6 Å². The molecule has 2 heterocycles. The molecule has 104 valence electrons. The third kappa shape index (κ3) is 2.60. The first-order valence-corrected chi connectivity index (χ1v) is 7.13. The maximum Gasteiger partial charge on any atom is 0.345 e. The molecule has 6 heteroatoms. The summed E-state index contributed by atoms with van der Waals surface area (Å²) in [7, 11) is 0. The molecule has 1 aliphatic rings. The van der Waals surface area contributed by atoms with Crippen molar-refractivity contribution in [1.82, 2.24) is 4.90 Å². The van der Waals surface area contributed by atoms with Gasteiger partial charge in [0.25, 0.3) is 5.91 Å². The minimum atomic E-state index is -1.00. The highest BCUT2D eigenvalue weighted by atomic mass is 32.1. The third-order valence-corrected chi connectivity index (χ3v) is 4.24. The van der Waals surface area contributed by atoms with Crippen LogP contribution in [0.3, 0.4) is 0 Å². The molecular weight excluding hydrogens is 278 g/mol. The summed E-state index contributed by atoms with van der Waals surface area (Å²) in [6.45, 7) is 0.427. The van der Waals surface area contributed by atoms with Crippen molar-refractivity contribution in [1.29, 1.82) is 0 Å². The highest BCUT2D eigenvalue weighted by Gasteiger charge is 2.34. The average Bonchev–Trinajstić information content (AvgIpc) is 2.95. The lowest BCUT2D eigenvalue weighted by molar-refractivity contribution is 0.0700. The normalized spacial score (nSPS) is 14.2. The Morgan fingerprint density at radius 3 is 2.60 bits per heavy atom. The van der Waals surface area contributed by atoms with Crippen LogP contribution in [-0.4, -0.2) is 27.9 Å². The van der Waals surface area contributed by atoms with E-state index >= 15 is 0 Å². The Hall–Kier alpha value is -2.08. The number of thiophene rings is 1. The Labute approximate surface area is 119 Å². The van der Waals surface area contributed by atoms with Crippen LogP contribution in [0.4, 0.5) is 0 Å². The Bertz CT molecular complexity index is 627. The van der Waals surface area contributed by atoms with Gasteiger partial charge in [-0.15, -0.1) is 11.3 Å². The van der Waals surface area contributed by atoms with E-state index in [0.717, 1.165) is 29.9 Å². The van der Waals surface area contributed by atoms with Crippen molar-refractivity contribution in [2.45, 2.75) is 25.4 Å². The summed E-state index contributed by atoms with van der Waals surface area (Å²) in [5.41, 5.74) is 0. The van der Waals surface area contributed by atoms with Crippen molar-refractivity contribution in [3.8, 4) is 0 Å². The summed E-state index contributed by atoms with van der Waals surface area (Å²) in [6, 6.07) is 6.91. The van der Waals surface area contributed by atoms with Gasteiger partial charge in [-0.2, -0.15) is 0 Å². The van der Waals surface area contributed by atoms with Gasteiger partial charge in [0.15, 0.2) is 0 Å². The molecule has 1 N–H and O–H groups in total. The lowest BCUT2D eigenvalue weighted by Crippen LogP contribution is -2.31. The lowest BCUT2D eigenvalue weighted by Gasteiger charge is -2.20. The molecule has 0 aliphatic heterocycles. The number of carbonyl (C=O) groups is 2. The first-order chi connectivity index (χ1) is 9.65. The van der Waals surface area contributed by atoms with E-state index in [4.69, 9.17) is 9.52 Å². The predicted octanol–water partition coefficient (Wildman–Crippen LogP) is 2.84. The first kappa shape index (κ1) is 12.9. The van der Waals surface area contributed by atoms with Crippen LogP contribution in [-0.2, 0) is 6.54 Å². The van der Waals surface area contributed by atoms with Crippen LogP contribution in [0.15, 0.2) is 34.9 Å². The standard InChI is InChI=1S/C14H13NO4S/c16-13(11-5-6-12(20-11)14(17)18)15(9-3-4-9)8-10-2-1-7-19-10/h1-2,5-7,9H,3-4,8H2,(H,17,18). The molecule has 0 bridgehead atoms. The van der Waals surface area contributed by atoms with E-state index in [2.05, 4.69) is 0 Å². The van der Waals surface area contributed by atoms with Crippen LogP contribution in [0.25, 0.3) is 0 Å². The number of aromatic carboxylic acids is 1. The van der Waals surface area contributed by atoms with Crippen molar-refractivity contribution in [3.05, 3.63) is 46.0 Å². The van der Waals surface area contributed by atoms with Gasteiger partial charge < -0.3 is 14.4 Å². The molecule has 0 spiro atoms. The summed E-state index contributed by atoms with van der Waals surface area (Å²) in [6.07, 6.45) is 3.56. The van der Waals surface area contributed by atoms with E-state index in [9.17, 15) is 9.59 Å². The number of furan rings is 1. The second-order valence-electron chi connectivity index (χ2n) is 4.71. The number of carboxylic acids is 1. The minimum Gasteiger partial charge on any atom is -0.477 e. The summed E-state index contributed by atoms with van der Waals surface area (Å²) in [5.74, 6) is -0.389. The van der Waals surface area contributed by atoms with Crippen LogP contribution in [0.1, 0.15) is 37.9 Å². The Kier molecular flexibility index (Phi) is 3.31. The fourth-order valence-corrected chi connectivity index (χ4v) is 2.83. The van der Waals surface area contributed by atoms with Crippen LogP contribution < -0.4 is 0 Å². The summed E-state index contributed by atoms with van der Waals surface area (Å²) in [5, 5.41) is 8.92. The van der Waals surface area contributed by atoms with Gasteiger partial charge in [-0.3, -0.25) is 4.79 Å². The fourth-order valence-electron chi connectivity index (χ4n) is 2.03. The predicted molar refractivity (Wildman–Crippen MR) is 72.9 cm³/mol. The van der Waals surface area contributed by atoms with Crippen LogP contribution in [0, 0.1) is 0 Å². The molecule has 1 saturated carbocycles. The fraction of sp³-hybridized carbons (Fsp3) is 0.286. The Morgan fingerprint density at radius 2 is 2.05 bits per heavy atom. The van der Waals surface area contributed by atoms with Crippen molar-refractivity contribution in [2.75, 3.05) is 0 Å². The van der Waals surface area contributed by atoms with Gasteiger partial charge in [-0.1, -0.05) is 0 Å². The smallest absolute Gasteiger partial charge is 0.345 e. The summed E-state index contributed by atoms with van der Waals surface area (Å²) < 4.78 is 5.29. The molecule has 20 heavy (non-hydrogen) atoms. The number of rotatable bonds is 5. The molecule has 0 saturated heterocycles. The van der Waals surface area contributed by atoms with Gasteiger partial charge in [0.05, 0.1) is 17.7 Å². The van der Waals surface area contributed by atoms with Crippen molar-refractivity contribution >= 4 is 23.2 Å². The Balaban J connectivity index is 1.79. The monoisotopic (exact) mass is 291 g/mol. The van der Waals surface area contributed by atoms with Gasteiger partial charge in [-0.25, -0.2) is 4.79 Å². The molecule has 0 aromatic carbocycles. The van der Waals surface area contributed by atoms with Gasteiger partial charge in [0.2, 0.25) is 0 Å². The van der Waals surface area contributed by atoms with E-state index < -0.39 is 5.97 Å². The van der Waals surface area contributed by atoms with Crippen molar-refractivity contribution < 1.29 is 19.1 Å².